The number of nitrogens with zero attached hydrogens (tertiary/aromatic N) is 6. The van der Waals surface area contributed by atoms with Crippen LogP contribution in [0.25, 0.3) is 39.2 Å². The molecule has 2 fully saturated rings. The molecule has 2 aliphatic rings. The third kappa shape index (κ3) is 6.71. The molecule has 0 spiro atoms. The van der Waals surface area contributed by atoms with Gasteiger partial charge in [-0.25, -0.2) is 9.50 Å². The second-order valence-corrected chi connectivity index (χ2v) is 14.2. The number of rotatable bonds is 9. The number of hydrogen-bond donors (Lipinski definition) is 3. The molecule has 5 aromatic rings. The molecular formula is C36H39Cl2N7O4. The number of aliphatic hydroxyl groups is 2. The Bertz CT molecular complexity index is 2080. The number of methoxy groups -OCH3 is 1. The average molecular weight is 705 g/mol. The fraction of sp³-hybridized carbons (Fsp3) is 0.389. The summed E-state index contributed by atoms with van der Waals surface area (Å²) >= 11 is 14.1. The summed E-state index contributed by atoms with van der Waals surface area (Å²) in [4.78, 5) is 24.8. The lowest BCUT2D eigenvalue weighted by Crippen LogP contribution is -2.59. The monoisotopic (exact) mass is 703 g/mol. The van der Waals surface area contributed by atoms with Crippen molar-refractivity contribution in [2.45, 2.75) is 63.4 Å². The fourth-order valence-electron chi connectivity index (χ4n) is 6.93. The minimum absolute atomic E-state index is 0.190. The number of ether oxygens (including phenoxy) is 1. The molecule has 3 N–H and O–H groups in total. The molecule has 1 aromatic carbocycles. The molecule has 0 radical (unpaired) electrons. The molecular weight excluding hydrogens is 665 g/mol. The normalized spacial score (nSPS) is 19.2. The van der Waals surface area contributed by atoms with E-state index in [2.05, 4.69) is 10.3 Å². The van der Waals surface area contributed by atoms with Crippen molar-refractivity contribution in [2.75, 3.05) is 20.2 Å². The van der Waals surface area contributed by atoms with Crippen molar-refractivity contribution in [3.8, 4) is 39.5 Å². The predicted octanol–water partition coefficient (Wildman–Crippen LogP) is 5.10. The third-order valence-corrected chi connectivity index (χ3v) is 10.4. The standard InChI is InChI=1S/C36H39Cl2N7O4/c1-36(48)19-44(20-36)18-30-42-45-17-22(15-29(45)35(47)43(30)2)33-32(38)26(13-14-39-33)25-5-4-6-27(31(25)37)28-12-7-21(34(41-28)49-3)16-40-23-8-10-24(46)11-9-23/h4-7,12-15,17,23-24,40,46,48H,8-11,16,18-20H2,1-3H3/t23-,24-. The van der Waals surface area contributed by atoms with E-state index in [1.807, 2.05) is 41.3 Å². The Hall–Kier alpha value is -3.84. The highest BCUT2D eigenvalue weighted by molar-refractivity contribution is 6.39. The van der Waals surface area contributed by atoms with Gasteiger partial charge in [-0.1, -0.05) is 47.5 Å². The highest BCUT2D eigenvalue weighted by Crippen LogP contribution is 2.42. The Balaban J connectivity index is 1.17. The van der Waals surface area contributed by atoms with Crippen LogP contribution in [0.1, 0.15) is 44.0 Å². The van der Waals surface area contributed by atoms with Crippen LogP contribution in [0.3, 0.4) is 0 Å². The van der Waals surface area contributed by atoms with Crippen LogP contribution in [-0.4, -0.2) is 77.2 Å². The van der Waals surface area contributed by atoms with Gasteiger partial charge in [-0.2, -0.15) is 5.10 Å². The van der Waals surface area contributed by atoms with E-state index in [-0.39, 0.29) is 11.7 Å². The number of aliphatic hydroxyl groups excluding tert-OH is 1. The lowest BCUT2D eigenvalue weighted by Gasteiger charge is -2.44. The van der Waals surface area contributed by atoms with E-state index >= 15 is 0 Å². The maximum atomic E-state index is 13.3. The highest BCUT2D eigenvalue weighted by Gasteiger charge is 2.37. The topological polar surface area (TPSA) is 130 Å². The van der Waals surface area contributed by atoms with Gasteiger partial charge < -0.3 is 20.3 Å². The van der Waals surface area contributed by atoms with E-state index in [1.54, 1.807) is 44.1 Å². The fourth-order valence-corrected chi connectivity index (χ4v) is 7.57. The van der Waals surface area contributed by atoms with Crippen LogP contribution < -0.4 is 15.6 Å². The summed E-state index contributed by atoms with van der Waals surface area (Å²) in [5.41, 5.74) is 4.37. The summed E-state index contributed by atoms with van der Waals surface area (Å²) in [5, 5.41) is 29.1. The maximum Gasteiger partial charge on any atom is 0.277 e. The van der Waals surface area contributed by atoms with Crippen LogP contribution in [0.5, 0.6) is 5.88 Å². The molecule has 1 aliphatic heterocycles. The first-order chi connectivity index (χ1) is 23.5. The Kier molecular flexibility index (Phi) is 9.25. The highest BCUT2D eigenvalue weighted by atomic mass is 35.5. The molecule has 0 amide bonds. The van der Waals surface area contributed by atoms with Crippen LogP contribution in [-0.2, 0) is 20.1 Å². The number of likely N-dealkylation sites (tertiary alicyclic amines) is 1. The predicted molar refractivity (Wildman–Crippen MR) is 190 cm³/mol. The lowest BCUT2D eigenvalue weighted by molar-refractivity contribution is -0.0885. The number of nitrogens with one attached hydrogen (secondary N) is 1. The number of benzene rings is 1. The maximum absolute atomic E-state index is 13.3. The van der Waals surface area contributed by atoms with Crippen LogP contribution in [0.2, 0.25) is 10.0 Å². The van der Waals surface area contributed by atoms with Gasteiger partial charge in [0.05, 0.1) is 46.8 Å². The van der Waals surface area contributed by atoms with E-state index in [0.29, 0.717) is 87.6 Å². The van der Waals surface area contributed by atoms with Gasteiger partial charge >= 0.3 is 0 Å². The van der Waals surface area contributed by atoms with Crippen molar-refractivity contribution in [2.24, 2.45) is 7.05 Å². The lowest BCUT2D eigenvalue weighted by atomic mass is 9.93. The van der Waals surface area contributed by atoms with Crippen molar-refractivity contribution in [3.63, 3.8) is 0 Å². The number of pyridine rings is 2. The molecule has 1 aliphatic carbocycles. The van der Waals surface area contributed by atoms with Crippen LogP contribution in [0.4, 0.5) is 0 Å². The molecule has 5 heterocycles. The van der Waals surface area contributed by atoms with Crippen LogP contribution in [0, 0.1) is 0 Å². The van der Waals surface area contributed by atoms with Gasteiger partial charge in [-0.15, -0.1) is 0 Å². The summed E-state index contributed by atoms with van der Waals surface area (Å²) < 4.78 is 8.79. The van der Waals surface area contributed by atoms with E-state index in [9.17, 15) is 15.0 Å². The summed E-state index contributed by atoms with van der Waals surface area (Å²) in [7, 11) is 3.31. The molecule has 0 bridgehead atoms. The molecule has 0 atom stereocenters. The van der Waals surface area contributed by atoms with E-state index in [0.717, 1.165) is 36.8 Å². The SMILES string of the molecule is COc1nc(-c2cccc(-c3ccnc(-c4cc5c(=O)n(C)c(CN6CC(C)(O)C6)nn5c4)c3Cl)c2Cl)ccc1CN[C@H]1CC[C@H](O)CC1. The first kappa shape index (κ1) is 33.6. The second-order valence-electron chi connectivity index (χ2n) is 13.4. The molecule has 4 aromatic heterocycles. The molecule has 11 nitrogen and oxygen atoms in total. The molecule has 49 heavy (non-hydrogen) atoms. The van der Waals surface area contributed by atoms with Crippen molar-refractivity contribution in [1.29, 1.82) is 0 Å². The Labute approximate surface area is 294 Å². The summed E-state index contributed by atoms with van der Waals surface area (Å²) in [6.45, 7) is 3.89. The van der Waals surface area contributed by atoms with Crippen LogP contribution >= 0.6 is 23.2 Å². The molecule has 256 valence electrons. The first-order valence-electron chi connectivity index (χ1n) is 16.4. The molecule has 1 saturated carbocycles. The number of β-amino-alcohol motifs (C(OH)–C–C–N with tert-alkyl or cyclic N) is 1. The van der Waals surface area contributed by atoms with Crippen molar-refractivity contribution >= 4 is 28.7 Å². The number of hydrogen-bond acceptors (Lipinski definition) is 9. The van der Waals surface area contributed by atoms with Gasteiger partial charge in [0, 0.05) is 72.9 Å². The van der Waals surface area contributed by atoms with Gasteiger partial charge in [0.25, 0.3) is 5.56 Å². The zero-order valence-corrected chi connectivity index (χ0v) is 29.2. The minimum Gasteiger partial charge on any atom is -0.481 e. The average Bonchev–Trinajstić information content (AvgIpc) is 3.50. The summed E-state index contributed by atoms with van der Waals surface area (Å²) in [6.07, 6.45) is 6.75. The van der Waals surface area contributed by atoms with E-state index in [4.69, 9.17) is 38.0 Å². The third-order valence-electron chi connectivity index (χ3n) is 9.57. The van der Waals surface area contributed by atoms with Gasteiger partial charge in [0.15, 0.2) is 0 Å². The van der Waals surface area contributed by atoms with Crippen molar-refractivity contribution in [3.05, 3.63) is 86.6 Å². The smallest absolute Gasteiger partial charge is 0.277 e. The summed E-state index contributed by atoms with van der Waals surface area (Å²) in [6, 6.07) is 13.6. The quantitative estimate of drug-likeness (QED) is 0.192. The zero-order valence-electron chi connectivity index (χ0n) is 27.7. The Morgan fingerprint density at radius 1 is 1.04 bits per heavy atom. The minimum atomic E-state index is -0.716. The molecule has 1 saturated heterocycles. The van der Waals surface area contributed by atoms with Gasteiger partial charge in [-0.3, -0.25) is 19.2 Å². The van der Waals surface area contributed by atoms with Crippen LogP contribution in [0.15, 0.2) is 59.7 Å². The molecule has 13 heteroatoms. The number of fused-ring (bicyclic) bond motifs is 1. The van der Waals surface area contributed by atoms with Gasteiger partial charge in [0.2, 0.25) is 5.88 Å². The van der Waals surface area contributed by atoms with E-state index in [1.165, 1.54) is 4.57 Å². The van der Waals surface area contributed by atoms with Crippen molar-refractivity contribution < 1.29 is 14.9 Å². The Morgan fingerprint density at radius 2 is 1.78 bits per heavy atom. The Morgan fingerprint density at radius 3 is 2.51 bits per heavy atom. The summed E-state index contributed by atoms with van der Waals surface area (Å²) in [5.74, 6) is 1.11. The first-order valence-corrected chi connectivity index (χ1v) is 17.2. The van der Waals surface area contributed by atoms with Crippen molar-refractivity contribution in [1.82, 2.24) is 34.4 Å². The van der Waals surface area contributed by atoms with E-state index < -0.39 is 5.60 Å². The van der Waals surface area contributed by atoms with Gasteiger partial charge in [0.1, 0.15) is 11.3 Å². The van der Waals surface area contributed by atoms with Gasteiger partial charge in [-0.05, 0) is 50.8 Å². The number of aromatic nitrogens is 5. The molecule has 7 rings (SSSR count). The largest absolute Gasteiger partial charge is 0.481 e. The molecule has 0 unspecified atom stereocenters. The zero-order chi connectivity index (χ0) is 34.4. The number of halogens is 2. The second kappa shape index (κ2) is 13.5.